The SMILES string of the molecule is CC[C@@H](Oc1cc(C)ccc1Cl)C(=O)N1C[C@H](C)O[C@@H](C)C1. The maximum atomic E-state index is 12.7. The molecule has 1 heterocycles. The Hall–Kier alpha value is -1.26. The number of aryl methyl sites for hydroxylation is 1. The van der Waals surface area contributed by atoms with Crippen molar-refractivity contribution in [2.24, 2.45) is 0 Å². The Morgan fingerprint density at radius 1 is 1.41 bits per heavy atom. The molecule has 1 amide bonds. The monoisotopic (exact) mass is 325 g/mol. The van der Waals surface area contributed by atoms with Gasteiger partial charge in [-0.3, -0.25) is 4.79 Å². The van der Waals surface area contributed by atoms with E-state index in [9.17, 15) is 4.79 Å². The largest absolute Gasteiger partial charge is 0.479 e. The summed E-state index contributed by atoms with van der Waals surface area (Å²) in [4.78, 5) is 14.6. The lowest BCUT2D eigenvalue weighted by Crippen LogP contribution is -2.52. The summed E-state index contributed by atoms with van der Waals surface area (Å²) in [6.45, 7) is 9.08. The first-order valence-electron chi connectivity index (χ1n) is 7.77. The van der Waals surface area contributed by atoms with Crippen molar-refractivity contribution in [1.29, 1.82) is 0 Å². The fraction of sp³-hybridized carbons (Fsp3) is 0.588. The second-order valence-corrected chi connectivity index (χ2v) is 6.36. The van der Waals surface area contributed by atoms with Gasteiger partial charge in [-0.05, 0) is 44.9 Å². The van der Waals surface area contributed by atoms with Crippen molar-refractivity contribution < 1.29 is 14.3 Å². The molecule has 1 saturated heterocycles. The summed E-state index contributed by atoms with van der Waals surface area (Å²) in [5.74, 6) is 0.568. The second kappa shape index (κ2) is 7.34. The Morgan fingerprint density at radius 2 is 2.05 bits per heavy atom. The quantitative estimate of drug-likeness (QED) is 0.851. The van der Waals surface area contributed by atoms with Crippen molar-refractivity contribution in [2.45, 2.75) is 52.4 Å². The van der Waals surface area contributed by atoms with Crippen LogP contribution in [0.5, 0.6) is 5.75 Å². The molecule has 5 heteroatoms. The van der Waals surface area contributed by atoms with E-state index in [1.165, 1.54) is 0 Å². The fourth-order valence-corrected chi connectivity index (χ4v) is 2.89. The van der Waals surface area contributed by atoms with Crippen LogP contribution in [0.2, 0.25) is 5.02 Å². The molecule has 4 nitrogen and oxygen atoms in total. The van der Waals surface area contributed by atoms with Crippen LogP contribution >= 0.6 is 11.6 Å². The number of hydrogen-bond acceptors (Lipinski definition) is 3. The average Bonchev–Trinajstić information content (AvgIpc) is 2.46. The maximum Gasteiger partial charge on any atom is 0.263 e. The molecule has 0 radical (unpaired) electrons. The third-order valence-electron chi connectivity index (χ3n) is 3.73. The molecule has 0 unspecified atom stereocenters. The van der Waals surface area contributed by atoms with Gasteiger partial charge in [0, 0.05) is 13.1 Å². The van der Waals surface area contributed by atoms with Crippen molar-refractivity contribution in [1.82, 2.24) is 4.90 Å². The van der Waals surface area contributed by atoms with E-state index in [4.69, 9.17) is 21.1 Å². The molecule has 0 saturated carbocycles. The third kappa shape index (κ3) is 4.14. The van der Waals surface area contributed by atoms with Gasteiger partial charge in [-0.15, -0.1) is 0 Å². The van der Waals surface area contributed by atoms with Crippen LogP contribution in [0.4, 0.5) is 0 Å². The summed E-state index contributed by atoms with van der Waals surface area (Å²) in [5.41, 5.74) is 1.05. The number of nitrogens with zero attached hydrogens (tertiary/aromatic N) is 1. The van der Waals surface area contributed by atoms with Crippen molar-refractivity contribution in [3.63, 3.8) is 0 Å². The minimum absolute atomic E-state index is 0.00192. The predicted octanol–water partition coefficient (Wildman–Crippen LogP) is 3.44. The number of benzene rings is 1. The Balaban J connectivity index is 2.10. The number of amides is 1. The van der Waals surface area contributed by atoms with E-state index in [1.54, 1.807) is 6.07 Å². The predicted molar refractivity (Wildman–Crippen MR) is 87.5 cm³/mol. The molecule has 0 N–H and O–H groups in total. The first-order chi connectivity index (χ1) is 10.4. The molecular weight excluding hydrogens is 302 g/mol. The van der Waals surface area contributed by atoms with Gasteiger partial charge < -0.3 is 14.4 Å². The van der Waals surface area contributed by atoms with E-state index < -0.39 is 6.10 Å². The normalized spacial score (nSPS) is 23.2. The van der Waals surface area contributed by atoms with E-state index in [0.29, 0.717) is 30.3 Å². The molecule has 1 aliphatic rings. The number of rotatable bonds is 4. The Kier molecular flexibility index (Phi) is 5.70. The third-order valence-corrected chi connectivity index (χ3v) is 4.05. The molecule has 0 aromatic heterocycles. The summed E-state index contributed by atoms with van der Waals surface area (Å²) in [6.07, 6.45) is 0.181. The minimum atomic E-state index is -0.517. The van der Waals surface area contributed by atoms with Crippen LogP contribution in [-0.4, -0.2) is 42.2 Å². The number of carbonyl (C=O) groups is 1. The summed E-state index contributed by atoms with van der Waals surface area (Å²) in [6, 6.07) is 5.58. The van der Waals surface area contributed by atoms with Crippen LogP contribution < -0.4 is 4.74 Å². The summed E-state index contributed by atoms with van der Waals surface area (Å²) in [5, 5.41) is 0.528. The van der Waals surface area contributed by atoms with E-state index in [-0.39, 0.29) is 18.1 Å². The van der Waals surface area contributed by atoms with Crippen molar-refractivity contribution in [3.8, 4) is 5.75 Å². The first-order valence-corrected chi connectivity index (χ1v) is 8.15. The van der Waals surface area contributed by atoms with Crippen LogP contribution in [0.15, 0.2) is 18.2 Å². The van der Waals surface area contributed by atoms with E-state index in [0.717, 1.165) is 5.56 Å². The molecule has 0 aliphatic carbocycles. The number of halogens is 1. The van der Waals surface area contributed by atoms with Gasteiger partial charge in [0.25, 0.3) is 5.91 Å². The zero-order valence-electron chi connectivity index (χ0n) is 13.6. The van der Waals surface area contributed by atoms with E-state index in [1.807, 2.05) is 44.7 Å². The first kappa shape index (κ1) is 17.1. The average molecular weight is 326 g/mol. The number of ether oxygens (including phenoxy) is 2. The van der Waals surface area contributed by atoms with Gasteiger partial charge in [-0.1, -0.05) is 24.6 Å². The zero-order chi connectivity index (χ0) is 16.3. The Bertz CT molecular complexity index is 525. The van der Waals surface area contributed by atoms with Gasteiger partial charge in [0.2, 0.25) is 0 Å². The number of carbonyl (C=O) groups excluding carboxylic acids is 1. The highest BCUT2D eigenvalue weighted by atomic mass is 35.5. The fourth-order valence-electron chi connectivity index (χ4n) is 2.72. The molecule has 22 heavy (non-hydrogen) atoms. The van der Waals surface area contributed by atoms with Crippen molar-refractivity contribution in [3.05, 3.63) is 28.8 Å². The smallest absolute Gasteiger partial charge is 0.263 e. The van der Waals surface area contributed by atoms with Crippen LogP contribution in [0.1, 0.15) is 32.8 Å². The molecule has 1 fully saturated rings. The Morgan fingerprint density at radius 3 is 2.64 bits per heavy atom. The van der Waals surface area contributed by atoms with Crippen LogP contribution in [-0.2, 0) is 9.53 Å². The van der Waals surface area contributed by atoms with Gasteiger partial charge in [0.1, 0.15) is 5.75 Å². The minimum Gasteiger partial charge on any atom is -0.479 e. The summed E-state index contributed by atoms with van der Waals surface area (Å²) in [7, 11) is 0. The van der Waals surface area contributed by atoms with Gasteiger partial charge in [0.05, 0.1) is 17.2 Å². The summed E-state index contributed by atoms with van der Waals surface area (Å²) < 4.78 is 11.6. The van der Waals surface area contributed by atoms with E-state index >= 15 is 0 Å². The van der Waals surface area contributed by atoms with Crippen molar-refractivity contribution in [2.75, 3.05) is 13.1 Å². The highest BCUT2D eigenvalue weighted by molar-refractivity contribution is 6.32. The van der Waals surface area contributed by atoms with Crippen LogP contribution in [0.25, 0.3) is 0 Å². The van der Waals surface area contributed by atoms with Gasteiger partial charge in [-0.25, -0.2) is 0 Å². The topological polar surface area (TPSA) is 38.8 Å². The molecule has 0 bridgehead atoms. The maximum absolute atomic E-state index is 12.7. The van der Waals surface area contributed by atoms with Crippen LogP contribution in [0.3, 0.4) is 0 Å². The van der Waals surface area contributed by atoms with Gasteiger partial charge >= 0.3 is 0 Å². The molecule has 0 spiro atoms. The lowest BCUT2D eigenvalue weighted by molar-refractivity contribution is -0.150. The molecule has 3 atom stereocenters. The zero-order valence-corrected chi connectivity index (χ0v) is 14.4. The van der Waals surface area contributed by atoms with Crippen molar-refractivity contribution >= 4 is 17.5 Å². The number of morpholine rings is 1. The molecular formula is C17H24ClNO3. The highest BCUT2D eigenvalue weighted by Crippen LogP contribution is 2.27. The van der Waals surface area contributed by atoms with Gasteiger partial charge in [0.15, 0.2) is 6.10 Å². The lowest BCUT2D eigenvalue weighted by atomic mass is 10.1. The highest BCUT2D eigenvalue weighted by Gasteiger charge is 2.31. The van der Waals surface area contributed by atoms with E-state index in [2.05, 4.69) is 0 Å². The molecule has 122 valence electrons. The summed E-state index contributed by atoms with van der Waals surface area (Å²) >= 11 is 6.16. The molecule has 2 rings (SSSR count). The second-order valence-electron chi connectivity index (χ2n) is 5.95. The molecule has 1 aliphatic heterocycles. The lowest BCUT2D eigenvalue weighted by Gasteiger charge is -2.37. The molecule has 1 aromatic rings. The molecule has 1 aromatic carbocycles. The van der Waals surface area contributed by atoms with Gasteiger partial charge in [-0.2, -0.15) is 0 Å². The van der Waals surface area contributed by atoms with Crippen LogP contribution in [0, 0.1) is 6.92 Å². The number of hydrogen-bond donors (Lipinski definition) is 0. The Labute approximate surface area is 137 Å². The standard InChI is InChI=1S/C17H24ClNO3/c1-5-15(22-16-8-11(2)6-7-14(16)18)17(20)19-9-12(3)21-13(4)10-19/h6-8,12-13,15H,5,9-10H2,1-4H3/t12-,13-,15+/m0/s1.